The number of carbonyl (C=O) groups is 3. The number of ether oxygens (including phenoxy) is 1. The smallest absolute Gasteiger partial charge is 0.251 e. The van der Waals surface area contributed by atoms with Crippen LogP contribution < -0.4 is 25.2 Å². The van der Waals surface area contributed by atoms with Gasteiger partial charge < -0.3 is 25.2 Å². The minimum absolute atomic E-state index is 0.0162. The summed E-state index contributed by atoms with van der Waals surface area (Å²) in [5.74, 6) is 0.411. The average molecular weight is 636 g/mol. The van der Waals surface area contributed by atoms with Crippen molar-refractivity contribution in [2.24, 2.45) is 5.92 Å². The van der Waals surface area contributed by atoms with Gasteiger partial charge in [0.05, 0.1) is 37.6 Å². The van der Waals surface area contributed by atoms with Crippen LogP contribution in [0.2, 0.25) is 0 Å². The van der Waals surface area contributed by atoms with E-state index in [1.807, 2.05) is 54.6 Å². The second-order valence-corrected chi connectivity index (χ2v) is 12.2. The molecule has 3 amide bonds. The molecule has 1 aliphatic carbocycles. The van der Waals surface area contributed by atoms with Crippen LogP contribution in [0.1, 0.15) is 51.0 Å². The number of likely N-dealkylation sites (N-methyl/N-ethyl adjacent to an activating group) is 1. The van der Waals surface area contributed by atoms with Gasteiger partial charge in [-0.1, -0.05) is 59.5 Å². The minimum Gasteiger partial charge on any atom is -0.496 e. The van der Waals surface area contributed by atoms with Gasteiger partial charge in [0.2, 0.25) is 11.8 Å². The molecular weight excluding hydrogens is 596 g/mol. The van der Waals surface area contributed by atoms with E-state index in [0.29, 0.717) is 29.5 Å². The molecule has 2 aliphatic rings. The molecule has 3 aromatic rings. The number of hydrogen-bond donors (Lipinski definition) is 2. The summed E-state index contributed by atoms with van der Waals surface area (Å²) in [7, 11) is 3.32. The zero-order valence-electron chi connectivity index (χ0n) is 24.5. The fourth-order valence-electron chi connectivity index (χ4n) is 6.13. The fraction of sp³-hybridized carbons (Fsp3) is 0.424. The Morgan fingerprint density at radius 1 is 1.05 bits per heavy atom. The SMILES string of the molecule is CN[C@@H](C)C(=O)N[C@H]1CN(C(=O)CC2CCCCC2)c2ccccc2N(Cc2c(OC)ccc3cc(Br)ccc23)C1=O. The highest BCUT2D eigenvalue weighted by Gasteiger charge is 2.38. The lowest BCUT2D eigenvalue weighted by Gasteiger charge is -2.28. The monoisotopic (exact) mass is 634 g/mol. The second-order valence-electron chi connectivity index (χ2n) is 11.3. The van der Waals surface area contributed by atoms with E-state index in [2.05, 4.69) is 26.6 Å². The first kappa shape index (κ1) is 30.0. The van der Waals surface area contributed by atoms with Crippen molar-refractivity contribution in [2.75, 3.05) is 30.5 Å². The number of amides is 3. The number of rotatable bonds is 8. The summed E-state index contributed by atoms with van der Waals surface area (Å²) in [5, 5.41) is 7.86. The van der Waals surface area contributed by atoms with Gasteiger partial charge in [0.25, 0.3) is 5.91 Å². The number of halogens is 1. The summed E-state index contributed by atoms with van der Waals surface area (Å²) < 4.78 is 6.72. The quantitative estimate of drug-likeness (QED) is 0.339. The molecule has 1 saturated carbocycles. The van der Waals surface area contributed by atoms with Crippen LogP contribution in [0.5, 0.6) is 5.75 Å². The van der Waals surface area contributed by atoms with Crippen LogP contribution in [0.4, 0.5) is 11.4 Å². The third-order valence-corrected chi connectivity index (χ3v) is 9.10. The van der Waals surface area contributed by atoms with Crippen LogP contribution in [-0.4, -0.2) is 50.5 Å². The van der Waals surface area contributed by atoms with Gasteiger partial charge in [0, 0.05) is 16.5 Å². The highest BCUT2D eigenvalue weighted by Crippen LogP contribution is 2.38. The van der Waals surface area contributed by atoms with Crippen molar-refractivity contribution in [3.05, 3.63) is 64.6 Å². The van der Waals surface area contributed by atoms with Crippen molar-refractivity contribution in [2.45, 2.75) is 64.1 Å². The predicted molar refractivity (Wildman–Crippen MR) is 170 cm³/mol. The molecule has 3 aromatic carbocycles. The highest BCUT2D eigenvalue weighted by molar-refractivity contribution is 9.10. The van der Waals surface area contributed by atoms with Crippen LogP contribution in [0.25, 0.3) is 10.8 Å². The van der Waals surface area contributed by atoms with Gasteiger partial charge in [-0.05, 0) is 73.8 Å². The van der Waals surface area contributed by atoms with Gasteiger partial charge in [-0.2, -0.15) is 0 Å². The Morgan fingerprint density at radius 2 is 1.79 bits per heavy atom. The molecule has 0 aromatic heterocycles. The predicted octanol–water partition coefficient (Wildman–Crippen LogP) is 5.55. The number of para-hydroxylation sites is 2. The molecule has 0 unspecified atom stereocenters. The summed E-state index contributed by atoms with van der Waals surface area (Å²) in [6, 6.07) is 16.0. The molecule has 1 fully saturated rings. The van der Waals surface area contributed by atoms with Crippen molar-refractivity contribution in [3.63, 3.8) is 0 Å². The number of fused-ring (bicyclic) bond motifs is 2. The molecule has 2 atom stereocenters. The molecule has 5 rings (SSSR count). The second kappa shape index (κ2) is 13.3. The van der Waals surface area contributed by atoms with Gasteiger partial charge in [-0.3, -0.25) is 14.4 Å². The molecule has 0 bridgehead atoms. The van der Waals surface area contributed by atoms with Crippen LogP contribution in [-0.2, 0) is 20.9 Å². The first-order valence-corrected chi connectivity index (χ1v) is 15.5. The number of benzene rings is 3. The lowest BCUT2D eigenvalue weighted by molar-refractivity contribution is -0.128. The standard InChI is InChI=1S/C33H39BrN4O4/c1-21(35-2)32(40)36-27-20-37(31(39)17-22-9-5-4-6-10-22)28-11-7-8-12-29(28)38(33(27)41)19-26-25-15-14-24(34)18-23(25)13-16-30(26)42-3/h7-8,11-16,18,21-22,27,35H,4-6,9-10,17,19-20H2,1-3H3,(H,36,40)/t21-,27-/m0/s1. The summed E-state index contributed by atoms with van der Waals surface area (Å²) in [6.45, 7) is 2.02. The topological polar surface area (TPSA) is 91.0 Å². The largest absolute Gasteiger partial charge is 0.496 e. The highest BCUT2D eigenvalue weighted by atomic mass is 79.9. The van der Waals surface area contributed by atoms with E-state index in [9.17, 15) is 14.4 Å². The Balaban J connectivity index is 1.58. The molecular formula is C33H39BrN4O4. The van der Waals surface area contributed by atoms with E-state index >= 15 is 0 Å². The molecule has 2 N–H and O–H groups in total. The number of anilines is 2. The van der Waals surface area contributed by atoms with Crippen LogP contribution in [0, 0.1) is 5.92 Å². The normalized spacial score (nSPS) is 18.4. The molecule has 222 valence electrons. The van der Waals surface area contributed by atoms with Crippen molar-refractivity contribution in [1.29, 1.82) is 0 Å². The molecule has 8 nitrogen and oxygen atoms in total. The van der Waals surface area contributed by atoms with E-state index in [1.165, 1.54) is 6.42 Å². The third kappa shape index (κ3) is 6.32. The van der Waals surface area contributed by atoms with Crippen molar-refractivity contribution < 1.29 is 19.1 Å². The first-order valence-electron chi connectivity index (χ1n) is 14.7. The molecule has 42 heavy (non-hydrogen) atoms. The van der Waals surface area contributed by atoms with E-state index in [1.54, 1.807) is 30.9 Å². The number of methoxy groups -OCH3 is 1. The van der Waals surface area contributed by atoms with Crippen molar-refractivity contribution in [1.82, 2.24) is 10.6 Å². The minimum atomic E-state index is -0.925. The number of nitrogens with one attached hydrogen (secondary N) is 2. The zero-order chi connectivity index (χ0) is 29.8. The Kier molecular flexibility index (Phi) is 9.48. The maximum Gasteiger partial charge on any atom is 0.251 e. The van der Waals surface area contributed by atoms with Crippen molar-refractivity contribution >= 4 is 55.8 Å². The molecule has 9 heteroatoms. The van der Waals surface area contributed by atoms with E-state index in [0.717, 1.165) is 46.5 Å². The first-order chi connectivity index (χ1) is 20.3. The van der Waals surface area contributed by atoms with Crippen LogP contribution in [0.15, 0.2) is 59.1 Å². The molecule has 0 saturated heterocycles. The fourth-order valence-corrected chi connectivity index (χ4v) is 6.51. The number of hydrogen-bond acceptors (Lipinski definition) is 5. The molecule has 0 spiro atoms. The van der Waals surface area contributed by atoms with E-state index in [4.69, 9.17) is 4.74 Å². The van der Waals surface area contributed by atoms with Gasteiger partial charge in [-0.25, -0.2) is 0 Å². The molecule has 0 radical (unpaired) electrons. The maximum absolute atomic E-state index is 14.4. The van der Waals surface area contributed by atoms with Gasteiger partial charge in [0.1, 0.15) is 11.8 Å². The summed E-state index contributed by atoms with van der Waals surface area (Å²) in [4.78, 5) is 44.8. The Hall–Kier alpha value is -3.43. The Labute approximate surface area is 255 Å². The lowest BCUT2D eigenvalue weighted by Crippen LogP contribution is -2.55. The Morgan fingerprint density at radius 3 is 2.50 bits per heavy atom. The van der Waals surface area contributed by atoms with Gasteiger partial charge in [-0.15, -0.1) is 0 Å². The summed E-state index contributed by atoms with van der Waals surface area (Å²) in [6.07, 6.45) is 6.02. The van der Waals surface area contributed by atoms with E-state index in [-0.39, 0.29) is 30.8 Å². The lowest BCUT2D eigenvalue weighted by atomic mass is 9.86. The summed E-state index contributed by atoms with van der Waals surface area (Å²) >= 11 is 3.56. The summed E-state index contributed by atoms with van der Waals surface area (Å²) in [5.41, 5.74) is 2.16. The molecule has 1 aliphatic heterocycles. The number of nitrogens with zero attached hydrogens (tertiary/aromatic N) is 2. The van der Waals surface area contributed by atoms with Crippen molar-refractivity contribution in [3.8, 4) is 5.75 Å². The van der Waals surface area contributed by atoms with Gasteiger partial charge in [0.15, 0.2) is 0 Å². The average Bonchev–Trinajstić information content (AvgIpc) is 3.11. The zero-order valence-corrected chi connectivity index (χ0v) is 26.1. The van der Waals surface area contributed by atoms with E-state index < -0.39 is 12.1 Å². The van der Waals surface area contributed by atoms with Crippen LogP contribution in [0.3, 0.4) is 0 Å². The maximum atomic E-state index is 14.4. The van der Waals surface area contributed by atoms with Gasteiger partial charge >= 0.3 is 0 Å². The Bertz CT molecular complexity index is 1470. The van der Waals surface area contributed by atoms with Crippen LogP contribution >= 0.6 is 15.9 Å². The molecule has 1 heterocycles. The number of carbonyl (C=O) groups excluding carboxylic acids is 3. The third-order valence-electron chi connectivity index (χ3n) is 8.61.